The Hall–Kier alpha value is -1.44. The summed E-state index contributed by atoms with van der Waals surface area (Å²) in [5.41, 5.74) is 1.79. The highest BCUT2D eigenvalue weighted by Crippen LogP contribution is 2.39. The normalized spacial score (nSPS) is 19.9. The second kappa shape index (κ2) is 6.13. The molecule has 0 radical (unpaired) electrons. The first kappa shape index (κ1) is 17.4. The van der Waals surface area contributed by atoms with Gasteiger partial charge in [0, 0.05) is 22.2 Å². The van der Waals surface area contributed by atoms with Gasteiger partial charge in [-0.2, -0.15) is 16.4 Å². The van der Waals surface area contributed by atoms with E-state index in [0.29, 0.717) is 0 Å². The Morgan fingerprint density at radius 3 is 2.54 bits per heavy atom. The molecule has 3 heterocycles. The van der Waals surface area contributed by atoms with Gasteiger partial charge in [-0.3, -0.25) is 5.10 Å². The Morgan fingerprint density at radius 2 is 2.00 bits per heavy atom. The van der Waals surface area contributed by atoms with Crippen LogP contribution < -0.4 is 0 Å². The third kappa shape index (κ3) is 2.96. The van der Waals surface area contributed by atoms with Crippen LogP contribution in [0.5, 0.6) is 0 Å². The van der Waals surface area contributed by atoms with E-state index in [0.717, 1.165) is 28.9 Å². The lowest BCUT2D eigenvalue weighted by Gasteiger charge is -2.32. The molecule has 0 atom stereocenters. The van der Waals surface area contributed by atoms with Crippen molar-refractivity contribution in [3.8, 4) is 11.3 Å². The summed E-state index contributed by atoms with van der Waals surface area (Å²) in [5, 5.41) is 11.3. The van der Waals surface area contributed by atoms with Crippen LogP contribution in [0, 0.1) is 0 Å². The van der Waals surface area contributed by atoms with Crippen molar-refractivity contribution in [2.24, 2.45) is 0 Å². The molecule has 3 rings (SSSR count). The average molecular weight is 348 g/mol. The second-order valence-corrected chi connectivity index (χ2v) is 7.73. The van der Waals surface area contributed by atoms with Gasteiger partial charge in [-0.05, 0) is 51.6 Å². The number of H-pyrrole nitrogens is 1. The number of thiophene rings is 1. The van der Waals surface area contributed by atoms with E-state index in [2.05, 4.69) is 10.2 Å². The Kier molecular flexibility index (Phi) is 4.44. The number of aromatic nitrogens is 2. The predicted octanol–water partition coefficient (Wildman–Crippen LogP) is 4.64. The molecular formula is C17H22BFN2O2S. The SMILES string of the molecule is CCc1[nH]nc(-c2ccsc2)c1C=C(F)B1OC(C)(C)C(C)(C)O1. The first-order valence-electron chi connectivity index (χ1n) is 8.07. The van der Waals surface area contributed by atoms with E-state index in [1.165, 1.54) is 6.08 Å². The predicted molar refractivity (Wildman–Crippen MR) is 96.4 cm³/mol. The zero-order valence-electron chi connectivity index (χ0n) is 14.6. The van der Waals surface area contributed by atoms with Crippen LogP contribution in [0.4, 0.5) is 4.39 Å². The van der Waals surface area contributed by atoms with Crippen molar-refractivity contribution in [1.82, 2.24) is 10.2 Å². The summed E-state index contributed by atoms with van der Waals surface area (Å²) in [6, 6.07) is 1.98. The minimum absolute atomic E-state index is 0.443. The fourth-order valence-corrected chi connectivity index (χ4v) is 3.23. The summed E-state index contributed by atoms with van der Waals surface area (Å²) >= 11 is 1.59. The number of nitrogens with zero attached hydrogens (tertiary/aromatic N) is 1. The summed E-state index contributed by atoms with van der Waals surface area (Å²) in [6.45, 7) is 9.65. The quantitative estimate of drug-likeness (QED) is 0.819. The van der Waals surface area contributed by atoms with E-state index in [-0.39, 0.29) is 0 Å². The summed E-state index contributed by atoms with van der Waals surface area (Å²) in [6.07, 6.45) is 2.22. The standard InChI is InChI=1S/C17H22BFN2O2S/c1-6-13-12(15(21-20-13)11-7-8-24-10-11)9-14(19)18-22-16(2,3)17(4,5)23-18/h7-10H,6H2,1-5H3,(H,20,21). The van der Waals surface area contributed by atoms with Crippen molar-refractivity contribution in [3.63, 3.8) is 0 Å². The zero-order valence-corrected chi connectivity index (χ0v) is 15.5. The van der Waals surface area contributed by atoms with Gasteiger partial charge in [0.15, 0.2) is 0 Å². The van der Waals surface area contributed by atoms with Crippen molar-refractivity contribution >= 4 is 24.5 Å². The molecule has 0 aromatic carbocycles. The summed E-state index contributed by atoms with van der Waals surface area (Å²) < 4.78 is 26.4. The maximum absolute atomic E-state index is 14.9. The van der Waals surface area contributed by atoms with Crippen LogP contribution in [0.3, 0.4) is 0 Å². The second-order valence-electron chi connectivity index (χ2n) is 6.95. The molecule has 1 saturated heterocycles. The van der Waals surface area contributed by atoms with Gasteiger partial charge < -0.3 is 9.31 Å². The monoisotopic (exact) mass is 348 g/mol. The van der Waals surface area contributed by atoms with Gasteiger partial charge in [-0.25, -0.2) is 4.39 Å². The Balaban J connectivity index is 1.96. The van der Waals surface area contributed by atoms with Crippen LogP contribution in [0.2, 0.25) is 0 Å². The van der Waals surface area contributed by atoms with Crippen LogP contribution in [0.15, 0.2) is 22.6 Å². The Labute approximate surface area is 146 Å². The summed E-state index contributed by atoms with van der Waals surface area (Å²) in [7, 11) is -0.995. The fourth-order valence-electron chi connectivity index (χ4n) is 2.59. The molecular weight excluding hydrogens is 326 g/mol. The van der Waals surface area contributed by atoms with Crippen molar-refractivity contribution in [3.05, 3.63) is 33.8 Å². The third-order valence-electron chi connectivity index (χ3n) is 4.79. The molecule has 0 bridgehead atoms. The smallest absolute Gasteiger partial charge is 0.398 e. The lowest BCUT2D eigenvalue weighted by Crippen LogP contribution is -2.41. The number of halogens is 1. The molecule has 128 valence electrons. The van der Waals surface area contributed by atoms with Crippen molar-refractivity contribution in [1.29, 1.82) is 0 Å². The number of nitrogens with one attached hydrogen (secondary N) is 1. The maximum atomic E-state index is 14.9. The zero-order chi connectivity index (χ0) is 17.5. The lowest BCUT2D eigenvalue weighted by atomic mass is 9.86. The van der Waals surface area contributed by atoms with Crippen LogP contribution in [0.1, 0.15) is 45.9 Å². The van der Waals surface area contributed by atoms with E-state index in [4.69, 9.17) is 9.31 Å². The van der Waals surface area contributed by atoms with Crippen molar-refractivity contribution < 1.29 is 13.7 Å². The third-order valence-corrected chi connectivity index (χ3v) is 5.47. The number of aromatic amines is 1. The molecule has 2 aromatic heterocycles. The van der Waals surface area contributed by atoms with Gasteiger partial charge in [0.05, 0.1) is 11.2 Å². The van der Waals surface area contributed by atoms with Gasteiger partial charge >= 0.3 is 7.12 Å². The van der Waals surface area contributed by atoms with Gasteiger partial charge in [-0.1, -0.05) is 6.92 Å². The lowest BCUT2D eigenvalue weighted by molar-refractivity contribution is 0.00578. The number of rotatable bonds is 4. The maximum Gasteiger partial charge on any atom is 0.525 e. The molecule has 1 fully saturated rings. The van der Waals surface area contributed by atoms with Gasteiger partial charge in [-0.15, -0.1) is 0 Å². The van der Waals surface area contributed by atoms with E-state index < -0.39 is 24.0 Å². The Morgan fingerprint density at radius 1 is 1.33 bits per heavy atom. The highest BCUT2D eigenvalue weighted by molar-refractivity contribution is 7.08. The molecule has 1 aliphatic heterocycles. The molecule has 2 aromatic rings. The van der Waals surface area contributed by atoms with Gasteiger partial charge in [0.2, 0.25) is 0 Å². The van der Waals surface area contributed by atoms with Crippen LogP contribution in [0.25, 0.3) is 17.3 Å². The number of aryl methyl sites for hydroxylation is 1. The minimum atomic E-state index is -0.995. The molecule has 0 unspecified atom stereocenters. The topological polar surface area (TPSA) is 47.1 Å². The van der Waals surface area contributed by atoms with E-state index in [9.17, 15) is 4.39 Å². The molecule has 24 heavy (non-hydrogen) atoms. The molecule has 1 N–H and O–H groups in total. The summed E-state index contributed by atoms with van der Waals surface area (Å²) in [5.74, 6) is 0. The van der Waals surface area contributed by atoms with Crippen LogP contribution in [-0.4, -0.2) is 28.5 Å². The van der Waals surface area contributed by atoms with E-state index >= 15 is 0 Å². The van der Waals surface area contributed by atoms with Crippen LogP contribution >= 0.6 is 11.3 Å². The fraction of sp³-hybridized carbons (Fsp3) is 0.471. The molecule has 7 heteroatoms. The molecule has 4 nitrogen and oxygen atoms in total. The van der Waals surface area contributed by atoms with Crippen molar-refractivity contribution in [2.75, 3.05) is 0 Å². The molecule has 1 aliphatic rings. The largest absolute Gasteiger partial charge is 0.525 e. The summed E-state index contributed by atoms with van der Waals surface area (Å²) in [4.78, 5) is 0. The molecule has 0 amide bonds. The molecule has 0 spiro atoms. The molecule has 0 saturated carbocycles. The first-order chi connectivity index (χ1) is 11.2. The van der Waals surface area contributed by atoms with E-state index in [1.54, 1.807) is 11.3 Å². The van der Waals surface area contributed by atoms with E-state index in [1.807, 2.05) is 51.4 Å². The van der Waals surface area contributed by atoms with Gasteiger partial charge in [0.1, 0.15) is 11.4 Å². The first-order valence-corrected chi connectivity index (χ1v) is 9.02. The Bertz CT molecular complexity index is 737. The minimum Gasteiger partial charge on any atom is -0.398 e. The average Bonchev–Trinajstić information content (AvgIpc) is 3.18. The van der Waals surface area contributed by atoms with Crippen molar-refractivity contribution in [2.45, 2.75) is 52.2 Å². The number of hydrogen-bond acceptors (Lipinski definition) is 4. The highest BCUT2D eigenvalue weighted by Gasteiger charge is 2.53. The number of hydrogen-bond donors (Lipinski definition) is 1. The highest BCUT2D eigenvalue weighted by atomic mass is 32.1. The molecule has 0 aliphatic carbocycles. The van der Waals surface area contributed by atoms with Gasteiger partial charge in [0.25, 0.3) is 0 Å². The van der Waals surface area contributed by atoms with Crippen LogP contribution in [-0.2, 0) is 15.7 Å².